The molecule has 1 amide bonds. The molecule has 0 saturated carbocycles. The van der Waals surface area contributed by atoms with Gasteiger partial charge in [0.05, 0.1) is 17.4 Å². The third kappa shape index (κ3) is 4.83. The van der Waals surface area contributed by atoms with Gasteiger partial charge in [0.25, 0.3) is 5.91 Å². The van der Waals surface area contributed by atoms with Crippen molar-refractivity contribution >= 4 is 45.2 Å². The second-order valence-corrected chi connectivity index (χ2v) is 8.00. The van der Waals surface area contributed by atoms with E-state index in [0.29, 0.717) is 32.9 Å². The van der Waals surface area contributed by atoms with Crippen LogP contribution in [0.4, 0.5) is 0 Å². The molecule has 1 aromatic heterocycles. The number of benzene rings is 3. The summed E-state index contributed by atoms with van der Waals surface area (Å²) >= 11 is 5.84. The molecule has 168 valence electrons. The largest absolute Gasteiger partial charge is 0.548 e. The van der Waals surface area contributed by atoms with Crippen molar-refractivity contribution in [2.45, 2.75) is 19.4 Å². The average molecular weight is 465 g/mol. The molecule has 0 saturated heterocycles. The lowest BCUT2D eigenvalue weighted by atomic mass is 10.0. The highest BCUT2D eigenvalue weighted by Crippen LogP contribution is 2.30. The summed E-state index contributed by atoms with van der Waals surface area (Å²) in [5.41, 5.74) is 1.14. The first kappa shape index (κ1) is 22.4. The van der Waals surface area contributed by atoms with Crippen molar-refractivity contribution in [3.8, 4) is 5.75 Å². The lowest BCUT2D eigenvalue weighted by molar-refractivity contribution is -0.308. The fourth-order valence-electron chi connectivity index (χ4n) is 3.65. The fraction of sp³-hybridized carbons (Fsp3) is 0.160. The Hall–Kier alpha value is -3.84. The maximum Gasteiger partial charge on any atom is 0.344 e. The van der Waals surface area contributed by atoms with Gasteiger partial charge in [0.15, 0.2) is 6.61 Å². The summed E-state index contributed by atoms with van der Waals surface area (Å²) in [5, 5.41) is 16.4. The van der Waals surface area contributed by atoms with Crippen LogP contribution < -0.4 is 20.8 Å². The lowest BCUT2D eigenvalue weighted by Gasteiger charge is -2.20. The number of aryl methyl sites for hydroxylation is 1. The summed E-state index contributed by atoms with van der Waals surface area (Å²) in [4.78, 5) is 36.2. The number of hydrogen-bond donors (Lipinski definition) is 1. The molecule has 33 heavy (non-hydrogen) atoms. The first-order valence-electron chi connectivity index (χ1n) is 10.2. The normalized spacial score (nSPS) is 11.9. The van der Waals surface area contributed by atoms with Crippen LogP contribution in [0.3, 0.4) is 0 Å². The molecular formula is C25H19ClNO6-. The molecule has 0 fully saturated rings. The van der Waals surface area contributed by atoms with Crippen LogP contribution in [0.1, 0.15) is 11.1 Å². The molecule has 1 atom stereocenters. The van der Waals surface area contributed by atoms with Gasteiger partial charge in [-0.25, -0.2) is 4.79 Å². The van der Waals surface area contributed by atoms with E-state index >= 15 is 0 Å². The Balaban J connectivity index is 1.49. The first-order chi connectivity index (χ1) is 15.8. The predicted molar refractivity (Wildman–Crippen MR) is 122 cm³/mol. The summed E-state index contributed by atoms with van der Waals surface area (Å²) in [6, 6.07) is 16.0. The Morgan fingerprint density at radius 3 is 2.42 bits per heavy atom. The summed E-state index contributed by atoms with van der Waals surface area (Å²) in [7, 11) is 0. The smallest absolute Gasteiger partial charge is 0.344 e. The number of hydrogen-bond acceptors (Lipinski definition) is 6. The monoisotopic (exact) mass is 464 g/mol. The highest BCUT2D eigenvalue weighted by atomic mass is 35.5. The molecule has 3 aromatic carbocycles. The minimum atomic E-state index is -1.41. The van der Waals surface area contributed by atoms with E-state index < -0.39 is 30.2 Å². The van der Waals surface area contributed by atoms with Gasteiger partial charge in [0.2, 0.25) is 0 Å². The van der Waals surface area contributed by atoms with Gasteiger partial charge in [0, 0.05) is 16.0 Å². The van der Waals surface area contributed by atoms with Crippen molar-refractivity contribution in [3.05, 3.63) is 87.2 Å². The molecule has 0 spiro atoms. The Morgan fingerprint density at radius 2 is 1.73 bits per heavy atom. The zero-order chi connectivity index (χ0) is 23.5. The van der Waals surface area contributed by atoms with Crippen LogP contribution in [0.2, 0.25) is 5.02 Å². The fourth-order valence-corrected chi connectivity index (χ4v) is 3.77. The predicted octanol–water partition coefficient (Wildman–Crippen LogP) is 2.76. The molecule has 0 aliphatic carbocycles. The maximum absolute atomic E-state index is 12.4. The first-order valence-corrected chi connectivity index (χ1v) is 10.5. The van der Waals surface area contributed by atoms with E-state index in [4.69, 9.17) is 20.8 Å². The van der Waals surface area contributed by atoms with Crippen LogP contribution in [-0.4, -0.2) is 24.5 Å². The molecule has 4 rings (SSSR count). The third-order valence-corrected chi connectivity index (χ3v) is 5.57. The summed E-state index contributed by atoms with van der Waals surface area (Å²) in [6.45, 7) is 1.30. The quantitative estimate of drug-likeness (QED) is 0.333. The molecule has 0 bridgehead atoms. The number of carbonyl (C=O) groups is 2. The molecule has 8 heteroatoms. The molecule has 0 aliphatic heterocycles. The van der Waals surface area contributed by atoms with Crippen LogP contribution in [-0.2, 0) is 16.0 Å². The summed E-state index contributed by atoms with van der Waals surface area (Å²) in [6.07, 6.45) is 0.0402. The van der Waals surface area contributed by atoms with Crippen LogP contribution in [0.25, 0.3) is 21.7 Å². The van der Waals surface area contributed by atoms with Crippen molar-refractivity contribution in [2.75, 3.05) is 6.61 Å². The van der Waals surface area contributed by atoms with Crippen LogP contribution in [0, 0.1) is 6.92 Å². The second kappa shape index (κ2) is 9.34. The van der Waals surface area contributed by atoms with Gasteiger partial charge in [-0.05, 0) is 54.6 Å². The Kier molecular flexibility index (Phi) is 6.33. The van der Waals surface area contributed by atoms with E-state index in [1.54, 1.807) is 55.5 Å². The van der Waals surface area contributed by atoms with Gasteiger partial charge < -0.3 is 24.4 Å². The van der Waals surface area contributed by atoms with Gasteiger partial charge in [-0.1, -0.05) is 41.9 Å². The third-order valence-electron chi connectivity index (χ3n) is 5.32. The Bertz CT molecular complexity index is 1410. The topological polar surface area (TPSA) is 109 Å². The van der Waals surface area contributed by atoms with E-state index in [2.05, 4.69) is 5.32 Å². The van der Waals surface area contributed by atoms with Crippen molar-refractivity contribution in [1.82, 2.24) is 5.32 Å². The van der Waals surface area contributed by atoms with E-state index in [9.17, 15) is 19.5 Å². The highest BCUT2D eigenvalue weighted by molar-refractivity contribution is 6.30. The molecule has 7 nitrogen and oxygen atoms in total. The van der Waals surface area contributed by atoms with E-state index in [0.717, 1.165) is 10.8 Å². The van der Waals surface area contributed by atoms with E-state index in [1.165, 1.54) is 0 Å². The second-order valence-electron chi connectivity index (χ2n) is 7.56. The van der Waals surface area contributed by atoms with Gasteiger partial charge >= 0.3 is 5.63 Å². The Morgan fingerprint density at radius 1 is 1.03 bits per heavy atom. The SMILES string of the molecule is Cc1c(OCC(=O)N[C@@H](Cc2ccc(Cl)cc2)C(=O)[O-])ccc2c1oc(=O)c1ccccc12. The number of rotatable bonds is 7. The van der Waals surface area contributed by atoms with E-state index in [-0.39, 0.29) is 6.42 Å². The molecule has 1 N–H and O–H groups in total. The van der Waals surface area contributed by atoms with Crippen molar-refractivity contribution in [2.24, 2.45) is 0 Å². The molecular weight excluding hydrogens is 446 g/mol. The van der Waals surface area contributed by atoms with Crippen LogP contribution in [0.15, 0.2) is 69.9 Å². The number of halogens is 1. The standard InChI is InChI=1S/C25H20ClNO6/c1-14-21(11-10-18-17-4-2-3-5-19(17)25(31)33-23(14)18)32-13-22(28)27-20(24(29)30)12-15-6-8-16(26)9-7-15/h2-11,20H,12-13H2,1H3,(H,27,28)(H,29,30)/p-1/t20-/m0/s1. The summed E-state index contributed by atoms with van der Waals surface area (Å²) in [5.74, 6) is -1.69. The van der Waals surface area contributed by atoms with Gasteiger partial charge in [0.1, 0.15) is 11.3 Å². The molecule has 0 radical (unpaired) electrons. The molecule has 0 unspecified atom stereocenters. The number of carboxylic acid groups (broad SMARTS) is 1. The number of aliphatic carboxylic acids is 1. The molecule has 4 aromatic rings. The van der Waals surface area contributed by atoms with Gasteiger partial charge in [-0.3, -0.25) is 4.79 Å². The van der Waals surface area contributed by atoms with E-state index in [1.807, 2.05) is 12.1 Å². The van der Waals surface area contributed by atoms with Crippen molar-refractivity contribution in [3.63, 3.8) is 0 Å². The number of amides is 1. The van der Waals surface area contributed by atoms with Crippen molar-refractivity contribution < 1.29 is 23.8 Å². The number of nitrogens with one attached hydrogen (secondary N) is 1. The summed E-state index contributed by atoms with van der Waals surface area (Å²) < 4.78 is 11.1. The number of carbonyl (C=O) groups excluding carboxylic acids is 2. The maximum atomic E-state index is 12.4. The average Bonchev–Trinajstić information content (AvgIpc) is 2.80. The minimum absolute atomic E-state index is 0.0402. The van der Waals surface area contributed by atoms with Gasteiger partial charge in [-0.15, -0.1) is 0 Å². The number of ether oxygens (including phenoxy) is 1. The highest BCUT2D eigenvalue weighted by Gasteiger charge is 2.17. The number of fused-ring (bicyclic) bond motifs is 3. The van der Waals surface area contributed by atoms with Gasteiger partial charge in [-0.2, -0.15) is 0 Å². The zero-order valence-electron chi connectivity index (χ0n) is 17.6. The van der Waals surface area contributed by atoms with Crippen molar-refractivity contribution in [1.29, 1.82) is 0 Å². The zero-order valence-corrected chi connectivity index (χ0v) is 18.3. The molecule has 1 heterocycles. The Labute approximate surface area is 193 Å². The minimum Gasteiger partial charge on any atom is -0.548 e. The van der Waals surface area contributed by atoms with Crippen LogP contribution in [0.5, 0.6) is 5.75 Å². The lowest BCUT2D eigenvalue weighted by Crippen LogP contribution is -2.50. The van der Waals surface area contributed by atoms with Crippen LogP contribution >= 0.6 is 11.6 Å². The number of carboxylic acids is 1. The molecule has 0 aliphatic rings.